The van der Waals surface area contributed by atoms with Crippen LogP contribution >= 0.6 is 22.7 Å². The van der Waals surface area contributed by atoms with Crippen LogP contribution in [0.15, 0.2) is 5.38 Å². The van der Waals surface area contributed by atoms with Gasteiger partial charge in [0, 0.05) is 10.3 Å². The molecule has 2 aromatic heterocycles. The first kappa shape index (κ1) is 14.1. The second-order valence-corrected chi connectivity index (χ2v) is 6.44. The minimum Gasteiger partial charge on any atom is -0.322 e. The molecule has 0 spiro atoms. The summed E-state index contributed by atoms with van der Waals surface area (Å²) in [6.07, 6.45) is 0.251. The fraction of sp³-hybridized carbons (Fsp3) is 0.417. The van der Waals surface area contributed by atoms with E-state index in [-0.39, 0.29) is 18.4 Å². The minimum absolute atomic E-state index is 0.0916. The molecule has 0 bridgehead atoms. The summed E-state index contributed by atoms with van der Waals surface area (Å²) in [5.74, 6) is -0.102. The van der Waals surface area contributed by atoms with E-state index in [1.54, 1.807) is 0 Å². The van der Waals surface area contributed by atoms with E-state index in [9.17, 15) is 4.79 Å². The highest BCUT2D eigenvalue weighted by atomic mass is 32.1. The van der Waals surface area contributed by atoms with Crippen LogP contribution in [0, 0.1) is 13.8 Å². The average molecular weight is 296 g/mol. The molecule has 0 aliphatic heterocycles. The third kappa shape index (κ3) is 3.59. The number of anilines is 1. The highest BCUT2D eigenvalue weighted by Gasteiger charge is 2.12. The molecule has 0 radical (unpaired) electrons. The predicted molar refractivity (Wildman–Crippen MR) is 78.6 cm³/mol. The summed E-state index contributed by atoms with van der Waals surface area (Å²) < 4.78 is 0. The standard InChI is InChI=1S/C12H16N4OS2/c1-6(13)11-15-9(5-18-11)4-10(17)16-12-14-7(2)8(3)19-12/h5-6H,4,13H2,1-3H3,(H,14,16,17). The van der Waals surface area contributed by atoms with Crippen molar-refractivity contribution in [1.82, 2.24) is 9.97 Å². The molecule has 19 heavy (non-hydrogen) atoms. The molecule has 1 unspecified atom stereocenters. The molecule has 102 valence electrons. The number of nitrogens with two attached hydrogens (primary N) is 1. The number of amides is 1. The molecule has 3 N–H and O–H groups in total. The van der Waals surface area contributed by atoms with E-state index in [1.165, 1.54) is 22.7 Å². The van der Waals surface area contributed by atoms with Crippen LogP contribution in [0.25, 0.3) is 0 Å². The van der Waals surface area contributed by atoms with Crippen molar-refractivity contribution in [2.24, 2.45) is 5.73 Å². The Morgan fingerprint density at radius 1 is 1.47 bits per heavy atom. The van der Waals surface area contributed by atoms with Crippen molar-refractivity contribution < 1.29 is 4.79 Å². The number of aromatic nitrogens is 2. The Balaban J connectivity index is 1.97. The van der Waals surface area contributed by atoms with Gasteiger partial charge in [-0.25, -0.2) is 9.97 Å². The zero-order chi connectivity index (χ0) is 14.0. The van der Waals surface area contributed by atoms with E-state index < -0.39 is 0 Å². The summed E-state index contributed by atoms with van der Waals surface area (Å²) in [4.78, 5) is 21.6. The van der Waals surface area contributed by atoms with Crippen LogP contribution in [-0.2, 0) is 11.2 Å². The molecule has 0 saturated heterocycles. The molecule has 2 heterocycles. The molecular formula is C12H16N4OS2. The van der Waals surface area contributed by atoms with Gasteiger partial charge < -0.3 is 11.1 Å². The number of nitrogens with one attached hydrogen (secondary N) is 1. The normalized spacial score (nSPS) is 12.4. The second kappa shape index (κ2) is 5.77. The molecule has 0 aliphatic carbocycles. The van der Waals surface area contributed by atoms with E-state index in [2.05, 4.69) is 15.3 Å². The summed E-state index contributed by atoms with van der Waals surface area (Å²) in [7, 11) is 0. The van der Waals surface area contributed by atoms with Gasteiger partial charge >= 0.3 is 0 Å². The number of nitrogens with zero attached hydrogens (tertiary/aromatic N) is 2. The lowest BCUT2D eigenvalue weighted by atomic mass is 10.3. The largest absolute Gasteiger partial charge is 0.322 e. The highest BCUT2D eigenvalue weighted by molar-refractivity contribution is 7.15. The fourth-order valence-corrected chi connectivity index (χ4v) is 3.08. The lowest BCUT2D eigenvalue weighted by Gasteiger charge is -1.99. The molecule has 0 aromatic carbocycles. The number of hydrogen-bond donors (Lipinski definition) is 2. The van der Waals surface area contributed by atoms with Crippen LogP contribution < -0.4 is 11.1 Å². The van der Waals surface area contributed by atoms with Gasteiger partial charge in [-0.3, -0.25) is 4.79 Å². The van der Waals surface area contributed by atoms with Crippen molar-refractivity contribution in [1.29, 1.82) is 0 Å². The van der Waals surface area contributed by atoms with E-state index in [1.807, 2.05) is 26.2 Å². The summed E-state index contributed by atoms with van der Waals surface area (Å²) in [5, 5.41) is 6.16. The first-order valence-electron chi connectivity index (χ1n) is 5.89. The minimum atomic E-state index is -0.102. The first-order chi connectivity index (χ1) is 8.95. The fourth-order valence-electron chi connectivity index (χ4n) is 1.47. The maximum absolute atomic E-state index is 11.9. The maximum atomic E-state index is 11.9. The second-order valence-electron chi connectivity index (χ2n) is 4.35. The third-order valence-electron chi connectivity index (χ3n) is 2.58. The number of thiazole rings is 2. The van der Waals surface area contributed by atoms with Gasteiger partial charge in [0.15, 0.2) is 5.13 Å². The quantitative estimate of drug-likeness (QED) is 0.908. The third-order valence-corrected chi connectivity index (χ3v) is 4.66. The Hall–Kier alpha value is -1.31. The smallest absolute Gasteiger partial charge is 0.232 e. The lowest BCUT2D eigenvalue weighted by molar-refractivity contribution is -0.115. The van der Waals surface area contributed by atoms with Gasteiger partial charge in [-0.1, -0.05) is 0 Å². The van der Waals surface area contributed by atoms with Crippen molar-refractivity contribution in [3.8, 4) is 0 Å². The van der Waals surface area contributed by atoms with Crippen LogP contribution in [-0.4, -0.2) is 15.9 Å². The number of carbonyl (C=O) groups excluding carboxylic acids is 1. The SMILES string of the molecule is Cc1nc(NC(=O)Cc2csc(C(C)N)n2)sc1C. The summed E-state index contributed by atoms with van der Waals surface area (Å²) in [5.41, 5.74) is 7.44. The number of carbonyl (C=O) groups is 1. The van der Waals surface area contributed by atoms with Crippen LogP contribution in [0.3, 0.4) is 0 Å². The predicted octanol–water partition coefficient (Wildman–Crippen LogP) is 2.42. The van der Waals surface area contributed by atoms with Crippen molar-refractivity contribution >= 4 is 33.7 Å². The molecule has 5 nitrogen and oxygen atoms in total. The molecule has 0 saturated carbocycles. The molecule has 1 amide bonds. The molecule has 0 fully saturated rings. The van der Waals surface area contributed by atoms with Crippen molar-refractivity contribution in [2.45, 2.75) is 33.2 Å². The van der Waals surface area contributed by atoms with Gasteiger partial charge in [-0.2, -0.15) is 0 Å². The first-order valence-corrected chi connectivity index (χ1v) is 7.59. The molecule has 0 aliphatic rings. The van der Waals surface area contributed by atoms with Crippen molar-refractivity contribution in [3.05, 3.63) is 26.7 Å². The van der Waals surface area contributed by atoms with Gasteiger partial charge in [0.1, 0.15) is 5.01 Å². The Labute approximate surface area is 119 Å². The van der Waals surface area contributed by atoms with Crippen LogP contribution in [0.4, 0.5) is 5.13 Å². The zero-order valence-electron chi connectivity index (χ0n) is 11.1. The van der Waals surface area contributed by atoms with Gasteiger partial charge in [0.25, 0.3) is 0 Å². The van der Waals surface area contributed by atoms with E-state index in [0.717, 1.165) is 21.3 Å². The Morgan fingerprint density at radius 2 is 2.21 bits per heavy atom. The van der Waals surface area contributed by atoms with Gasteiger partial charge in [-0.05, 0) is 20.8 Å². The highest BCUT2D eigenvalue weighted by Crippen LogP contribution is 2.21. The average Bonchev–Trinajstić information content (AvgIpc) is 2.87. The number of aryl methyl sites for hydroxylation is 2. The molecular weight excluding hydrogens is 280 g/mol. The van der Waals surface area contributed by atoms with E-state index in [4.69, 9.17) is 5.73 Å². The van der Waals surface area contributed by atoms with Gasteiger partial charge in [0.2, 0.25) is 5.91 Å². The number of hydrogen-bond acceptors (Lipinski definition) is 6. The summed E-state index contributed by atoms with van der Waals surface area (Å²) in [6.45, 7) is 5.79. The molecule has 1 atom stereocenters. The molecule has 2 rings (SSSR count). The molecule has 2 aromatic rings. The van der Waals surface area contributed by atoms with Gasteiger partial charge in [0.05, 0.1) is 23.9 Å². The number of rotatable bonds is 4. The van der Waals surface area contributed by atoms with Crippen LogP contribution in [0.5, 0.6) is 0 Å². The molecule has 7 heteroatoms. The topological polar surface area (TPSA) is 80.9 Å². The van der Waals surface area contributed by atoms with E-state index >= 15 is 0 Å². The lowest BCUT2D eigenvalue weighted by Crippen LogP contribution is -2.14. The Kier molecular flexibility index (Phi) is 4.28. The maximum Gasteiger partial charge on any atom is 0.232 e. The van der Waals surface area contributed by atoms with Crippen LogP contribution in [0.2, 0.25) is 0 Å². The van der Waals surface area contributed by atoms with Crippen molar-refractivity contribution in [2.75, 3.05) is 5.32 Å². The summed E-state index contributed by atoms with van der Waals surface area (Å²) in [6, 6.07) is -0.0916. The van der Waals surface area contributed by atoms with Crippen LogP contribution in [0.1, 0.15) is 34.2 Å². The van der Waals surface area contributed by atoms with Gasteiger partial charge in [-0.15, -0.1) is 22.7 Å². The summed E-state index contributed by atoms with van der Waals surface area (Å²) >= 11 is 2.97. The zero-order valence-corrected chi connectivity index (χ0v) is 12.7. The monoisotopic (exact) mass is 296 g/mol. The van der Waals surface area contributed by atoms with Crippen molar-refractivity contribution in [3.63, 3.8) is 0 Å². The Morgan fingerprint density at radius 3 is 2.74 bits per heavy atom. The van der Waals surface area contributed by atoms with E-state index in [0.29, 0.717) is 5.13 Å². The Bertz CT molecular complexity index is 569.